The van der Waals surface area contributed by atoms with Gasteiger partial charge in [0.1, 0.15) is 29.8 Å². The third kappa shape index (κ3) is 16.3. The van der Waals surface area contributed by atoms with Crippen LogP contribution in [0.15, 0.2) is 23.8 Å². The normalized spacial score (nSPS) is 13.5. The lowest BCUT2D eigenvalue weighted by Crippen LogP contribution is -2.17. The van der Waals surface area contributed by atoms with E-state index in [0.717, 1.165) is 76.2 Å². The third-order valence-corrected chi connectivity index (χ3v) is 9.33. The first-order valence-corrected chi connectivity index (χ1v) is 19.1. The highest BCUT2D eigenvalue weighted by molar-refractivity contribution is 5.98. The Morgan fingerprint density at radius 3 is 2.24 bits per heavy atom. The number of aromatic hydroxyl groups is 2. The van der Waals surface area contributed by atoms with Crippen LogP contribution in [0.2, 0.25) is 0 Å². The molecular formula is C41H64O8. The van der Waals surface area contributed by atoms with Crippen LogP contribution in [0.3, 0.4) is 0 Å². The zero-order chi connectivity index (χ0) is 35.9. The van der Waals surface area contributed by atoms with Crippen LogP contribution in [0.1, 0.15) is 176 Å². The highest BCUT2D eigenvalue weighted by Gasteiger charge is 2.31. The molecule has 0 saturated heterocycles. The van der Waals surface area contributed by atoms with Crippen molar-refractivity contribution < 1.29 is 38.8 Å². The Morgan fingerprint density at radius 2 is 1.49 bits per heavy atom. The van der Waals surface area contributed by atoms with E-state index in [4.69, 9.17) is 14.2 Å². The Kier molecular flexibility index (Phi) is 21.2. The number of hydrogen-bond acceptors (Lipinski definition) is 8. The van der Waals surface area contributed by atoms with E-state index in [1.54, 1.807) is 6.92 Å². The molecule has 1 unspecified atom stereocenters. The van der Waals surface area contributed by atoms with Gasteiger partial charge in [-0.3, -0.25) is 9.59 Å². The number of benzene rings is 1. The molecule has 1 aliphatic rings. The minimum absolute atomic E-state index is 0.00549. The number of phenolic OH excluding ortho intramolecular Hbond substituents is 2. The highest BCUT2D eigenvalue weighted by atomic mass is 16.5. The molecule has 1 aliphatic heterocycles. The molecule has 2 rings (SSSR count). The van der Waals surface area contributed by atoms with Gasteiger partial charge in [-0.15, -0.1) is 0 Å². The van der Waals surface area contributed by atoms with Crippen LogP contribution < -0.4 is 0 Å². The van der Waals surface area contributed by atoms with Crippen molar-refractivity contribution in [3.8, 4) is 11.5 Å². The monoisotopic (exact) mass is 684 g/mol. The van der Waals surface area contributed by atoms with E-state index in [0.29, 0.717) is 49.0 Å². The molecule has 1 aromatic rings. The fourth-order valence-electron chi connectivity index (χ4n) is 6.14. The lowest BCUT2D eigenvalue weighted by molar-refractivity contribution is -0.149. The zero-order valence-corrected chi connectivity index (χ0v) is 30.9. The summed E-state index contributed by atoms with van der Waals surface area (Å²) >= 11 is 0. The molecule has 0 radical (unpaired) electrons. The van der Waals surface area contributed by atoms with E-state index in [1.807, 2.05) is 13.0 Å². The van der Waals surface area contributed by atoms with Crippen molar-refractivity contribution in [3.05, 3.63) is 46.1 Å². The van der Waals surface area contributed by atoms with Crippen molar-refractivity contribution in [2.75, 3.05) is 6.61 Å². The molecule has 0 amide bonds. The second-order valence-corrected chi connectivity index (χ2v) is 13.6. The summed E-state index contributed by atoms with van der Waals surface area (Å²) < 4.78 is 16.2. The smallest absolute Gasteiger partial charge is 0.342 e. The van der Waals surface area contributed by atoms with E-state index in [-0.39, 0.29) is 48.1 Å². The summed E-state index contributed by atoms with van der Waals surface area (Å²) in [5, 5.41) is 21.1. The molecule has 0 aromatic heterocycles. The summed E-state index contributed by atoms with van der Waals surface area (Å²) in [5.74, 6) is -1.02. The van der Waals surface area contributed by atoms with Gasteiger partial charge in [-0.1, -0.05) is 95.4 Å². The molecule has 1 atom stereocenters. The minimum atomic E-state index is -0.567. The number of cyclic esters (lactones) is 1. The van der Waals surface area contributed by atoms with Crippen molar-refractivity contribution in [1.29, 1.82) is 0 Å². The van der Waals surface area contributed by atoms with Gasteiger partial charge in [0.05, 0.1) is 6.61 Å². The molecule has 0 bridgehead atoms. The van der Waals surface area contributed by atoms with Gasteiger partial charge in [-0.2, -0.15) is 0 Å². The molecule has 1 aromatic carbocycles. The van der Waals surface area contributed by atoms with Gasteiger partial charge in [0, 0.05) is 30.4 Å². The lowest BCUT2D eigenvalue weighted by Gasteiger charge is -2.16. The average molecular weight is 685 g/mol. The number of allylic oxidation sites excluding steroid dienone is 3. The van der Waals surface area contributed by atoms with Crippen LogP contribution in [-0.4, -0.2) is 40.8 Å². The van der Waals surface area contributed by atoms with Gasteiger partial charge in [0.2, 0.25) is 0 Å². The SMILES string of the molecule is CCCCCCC(C/C=C\CCCCCCCCOC(=O)CCC/C(C)=C/Cc1c(O)c(C)c2c(c1O)C(=O)OC2)OC(=O)CCCCC. The van der Waals surface area contributed by atoms with E-state index < -0.39 is 5.97 Å². The zero-order valence-electron chi connectivity index (χ0n) is 30.9. The number of hydrogen-bond donors (Lipinski definition) is 2. The molecule has 0 spiro atoms. The highest BCUT2D eigenvalue weighted by Crippen LogP contribution is 2.41. The van der Waals surface area contributed by atoms with Crippen molar-refractivity contribution in [2.24, 2.45) is 0 Å². The van der Waals surface area contributed by atoms with Crippen molar-refractivity contribution in [1.82, 2.24) is 0 Å². The van der Waals surface area contributed by atoms with E-state index >= 15 is 0 Å². The minimum Gasteiger partial charge on any atom is -0.507 e. The molecule has 49 heavy (non-hydrogen) atoms. The fourth-order valence-corrected chi connectivity index (χ4v) is 6.14. The molecular weight excluding hydrogens is 620 g/mol. The molecule has 8 nitrogen and oxygen atoms in total. The van der Waals surface area contributed by atoms with E-state index in [1.165, 1.54) is 32.1 Å². The number of fused-ring (bicyclic) bond motifs is 1. The number of ether oxygens (including phenoxy) is 3. The van der Waals surface area contributed by atoms with Gasteiger partial charge in [0.25, 0.3) is 0 Å². The van der Waals surface area contributed by atoms with Gasteiger partial charge < -0.3 is 24.4 Å². The molecule has 276 valence electrons. The number of unbranched alkanes of at least 4 members (excludes halogenated alkanes) is 11. The van der Waals surface area contributed by atoms with Gasteiger partial charge >= 0.3 is 17.9 Å². The molecule has 0 fully saturated rings. The van der Waals surface area contributed by atoms with Crippen LogP contribution in [0.5, 0.6) is 11.5 Å². The second kappa shape index (κ2) is 24.8. The van der Waals surface area contributed by atoms with Gasteiger partial charge in [0.15, 0.2) is 0 Å². The predicted molar refractivity (Wildman–Crippen MR) is 195 cm³/mol. The van der Waals surface area contributed by atoms with Crippen LogP contribution in [0.4, 0.5) is 0 Å². The Balaban J connectivity index is 1.52. The summed E-state index contributed by atoms with van der Waals surface area (Å²) in [6.07, 6.45) is 26.1. The van der Waals surface area contributed by atoms with Crippen molar-refractivity contribution >= 4 is 17.9 Å². The Bertz CT molecular complexity index is 1210. The number of esters is 3. The van der Waals surface area contributed by atoms with E-state index in [2.05, 4.69) is 26.0 Å². The Hall–Kier alpha value is -3.29. The topological polar surface area (TPSA) is 119 Å². The Labute approximate surface area is 295 Å². The summed E-state index contributed by atoms with van der Waals surface area (Å²) in [6.45, 7) is 8.54. The van der Waals surface area contributed by atoms with Crippen molar-refractivity contribution in [2.45, 2.75) is 175 Å². The first-order chi connectivity index (χ1) is 23.7. The summed E-state index contributed by atoms with van der Waals surface area (Å²) in [4.78, 5) is 36.4. The van der Waals surface area contributed by atoms with Crippen LogP contribution in [0, 0.1) is 6.92 Å². The molecule has 8 heteroatoms. The maximum absolute atomic E-state index is 12.2. The van der Waals surface area contributed by atoms with Crippen LogP contribution in [0.25, 0.3) is 0 Å². The quantitative estimate of drug-likeness (QED) is 0.0407. The van der Waals surface area contributed by atoms with Crippen molar-refractivity contribution in [3.63, 3.8) is 0 Å². The van der Waals surface area contributed by atoms with Gasteiger partial charge in [-0.05, 0) is 77.2 Å². The molecule has 0 saturated carbocycles. The van der Waals surface area contributed by atoms with Crippen LogP contribution in [-0.2, 0) is 36.8 Å². The number of phenols is 2. The van der Waals surface area contributed by atoms with Gasteiger partial charge in [-0.25, -0.2) is 4.79 Å². The standard InChI is InChI=1S/C41H64O8/c1-5-7-9-18-23-33(49-37(43)25-17-8-6-2)24-19-15-13-11-10-12-14-16-20-29-47-36(42)26-21-22-31(3)27-28-34-39(44)32(4)35-30-48-41(46)38(35)40(34)45/h15,19,27,33,44-45H,5-14,16-18,20-26,28-30H2,1-4H3/b19-15-,31-27+. The third-order valence-electron chi connectivity index (χ3n) is 9.33. The maximum Gasteiger partial charge on any atom is 0.342 e. The van der Waals surface area contributed by atoms with E-state index in [9.17, 15) is 24.6 Å². The summed E-state index contributed by atoms with van der Waals surface area (Å²) in [6, 6.07) is 0. The molecule has 1 heterocycles. The fraction of sp³-hybridized carbons (Fsp3) is 0.683. The van der Waals surface area contributed by atoms with Crippen LogP contribution >= 0.6 is 0 Å². The number of carbonyl (C=O) groups is 3. The summed E-state index contributed by atoms with van der Waals surface area (Å²) in [5.41, 5.74) is 2.59. The average Bonchev–Trinajstić information content (AvgIpc) is 3.47. The molecule has 2 N–H and O–H groups in total. The molecule has 0 aliphatic carbocycles. The maximum atomic E-state index is 12.2. The summed E-state index contributed by atoms with van der Waals surface area (Å²) in [7, 11) is 0. The second-order valence-electron chi connectivity index (χ2n) is 13.6. The Morgan fingerprint density at radius 1 is 0.816 bits per heavy atom. The number of rotatable bonds is 27. The predicted octanol–water partition coefficient (Wildman–Crippen LogP) is 10.4. The first kappa shape index (κ1) is 41.9. The first-order valence-electron chi connectivity index (χ1n) is 19.1. The lowest BCUT2D eigenvalue weighted by atomic mass is 9.95. The number of carbonyl (C=O) groups excluding carboxylic acids is 3. The largest absolute Gasteiger partial charge is 0.507 e.